The highest BCUT2D eigenvalue weighted by molar-refractivity contribution is 5.88. The SMILES string of the molecule is COCC1(C(=O)O)CCN(C(=O)C(NC(=O)NCc2ccccc2)C(C)C)C1. The minimum absolute atomic E-state index is 0.0451. The lowest BCUT2D eigenvalue weighted by Gasteiger charge is -2.28. The Morgan fingerprint density at radius 3 is 2.50 bits per heavy atom. The van der Waals surface area contributed by atoms with Gasteiger partial charge in [-0.15, -0.1) is 0 Å². The number of urea groups is 1. The van der Waals surface area contributed by atoms with Gasteiger partial charge in [-0.1, -0.05) is 44.2 Å². The van der Waals surface area contributed by atoms with E-state index in [0.29, 0.717) is 19.5 Å². The van der Waals surface area contributed by atoms with Crippen molar-refractivity contribution in [3.05, 3.63) is 35.9 Å². The highest BCUT2D eigenvalue weighted by Crippen LogP contribution is 2.32. The maximum atomic E-state index is 13.0. The van der Waals surface area contributed by atoms with Crippen LogP contribution in [0, 0.1) is 11.3 Å². The maximum Gasteiger partial charge on any atom is 0.315 e. The smallest absolute Gasteiger partial charge is 0.315 e. The van der Waals surface area contributed by atoms with Gasteiger partial charge in [0.2, 0.25) is 5.91 Å². The summed E-state index contributed by atoms with van der Waals surface area (Å²) in [7, 11) is 1.45. The van der Waals surface area contributed by atoms with E-state index in [2.05, 4.69) is 10.6 Å². The molecule has 2 atom stereocenters. The van der Waals surface area contributed by atoms with E-state index in [4.69, 9.17) is 4.74 Å². The van der Waals surface area contributed by atoms with E-state index in [1.165, 1.54) is 12.0 Å². The van der Waals surface area contributed by atoms with Crippen molar-refractivity contribution in [2.24, 2.45) is 11.3 Å². The molecule has 28 heavy (non-hydrogen) atoms. The van der Waals surface area contributed by atoms with E-state index in [-0.39, 0.29) is 25.0 Å². The van der Waals surface area contributed by atoms with E-state index in [9.17, 15) is 19.5 Å². The molecule has 1 heterocycles. The Hall–Kier alpha value is -2.61. The average molecular weight is 391 g/mol. The molecular weight excluding hydrogens is 362 g/mol. The van der Waals surface area contributed by atoms with Crippen molar-refractivity contribution in [1.29, 1.82) is 0 Å². The number of nitrogens with one attached hydrogen (secondary N) is 2. The molecule has 1 fully saturated rings. The summed E-state index contributed by atoms with van der Waals surface area (Å²) in [6.45, 7) is 4.48. The fourth-order valence-corrected chi connectivity index (χ4v) is 3.37. The molecule has 2 rings (SSSR count). The molecule has 154 valence electrons. The number of hydrogen-bond acceptors (Lipinski definition) is 4. The molecule has 2 unspecified atom stereocenters. The minimum atomic E-state index is -1.10. The van der Waals surface area contributed by atoms with Crippen LogP contribution in [0.2, 0.25) is 0 Å². The number of likely N-dealkylation sites (tertiary alicyclic amines) is 1. The Bertz CT molecular complexity index is 694. The number of carboxylic acids is 1. The number of amides is 3. The topological polar surface area (TPSA) is 108 Å². The molecule has 8 heteroatoms. The largest absolute Gasteiger partial charge is 0.481 e. The maximum absolute atomic E-state index is 13.0. The van der Waals surface area contributed by atoms with Gasteiger partial charge in [0, 0.05) is 26.7 Å². The molecule has 0 spiro atoms. The summed E-state index contributed by atoms with van der Waals surface area (Å²) in [5.74, 6) is -1.39. The fraction of sp³-hybridized carbons (Fsp3) is 0.550. The molecule has 0 aliphatic carbocycles. The molecule has 3 N–H and O–H groups in total. The van der Waals surface area contributed by atoms with Gasteiger partial charge in [0.05, 0.1) is 6.61 Å². The third-order valence-corrected chi connectivity index (χ3v) is 5.05. The van der Waals surface area contributed by atoms with Crippen molar-refractivity contribution in [3.63, 3.8) is 0 Å². The van der Waals surface area contributed by atoms with Gasteiger partial charge in [-0.05, 0) is 17.9 Å². The number of methoxy groups -OCH3 is 1. The zero-order valence-corrected chi connectivity index (χ0v) is 16.6. The molecule has 1 aromatic carbocycles. The zero-order valence-electron chi connectivity index (χ0n) is 16.6. The summed E-state index contributed by atoms with van der Waals surface area (Å²) in [5.41, 5.74) is -0.142. The molecular formula is C20H29N3O5. The van der Waals surface area contributed by atoms with Crippen LogP contribution in [-0.2, 0) is 20.9 Å². The third kappa shape index (κ3) is 5.22. The number of carbonyl (C=O) groups is 3. The van der Waals surface area contributed by atoms with Crippen molar-refractivity contribution in [3.8, 4) is 0 Å². The Balaban J connectivity index is 1.98. The van der Waals surface area contributed by atoms with Gasteiger partial charge in [0.1, 0.15) is 11.5 Å². The molecule has 1 aliphatic rings. The van der Waals surface area contributed by atoms with Crippen molar-refractivity contribution in [1.82, 2.24) is 15.5 Å². The Morgan fingerprint density at radius 2 is 1.93 bits per heavy atom. The normalized spacial score (nSPS) is 20.1. The molecule has 0 bridgehead atoms. The van der Waals surface area contributed by atoms with Gasteiger partial charge in [0.25, 0.3) is 0 Å². The fourth-order valence-electron chi connectivity index (χ4n) is 3.37. The second kappa shape index (κ2) is 9.54. The Morgan fingerprint density at radius 1 is 1.25 bits per heavy atom. The first-order valence-electron chi connectivity index (χ1n) is 9.38. The summed E-state index contributed by atoms with van der Waals surface area (Å²) in [6, 6.07) is 8.30. The summed E-state index contributed by atoms with van der Waals surface area (Å²) >= 11 is 0. The second-order valence-corrected chi connectivity index (χ2v) is 7.56. The lowest BCUT2D eigenvalue weighted by Crippen LogP contribution is -2.53. The van der Waals surface area contributed by atoms with Crippen molar-refractivity contribution in [2.75, 3.05) is 26.8 Å². The van der Waals surface area contributed by atoms with Crippen molar-refractivity contribution < 1.29 is 24.2 Å². The van der Waals surface area contributed by atoms with Crippen LogP contribution >= 0.6 is 0 Å². The molecule has 1 aliphatic heterocycles. The predicted octanol–water partition coefficient (Wildman–Crippen LogP) is 1.46. The van der Waals surface area contributed by atoms with Crippen LogP contribution in [0.25, 0.3) is 0 Å². The Labute approximate surface area is 165 Å². The van der Waals surface area contributed by atoms with Crippen LogP contribution < -0.4 is 10.6 Å². The lowest BCUT2D eigenvalue weighted by atomic mass is 9.88. The minimum Gasteiger partial charge on any atom is -0.481 e. The monoisotopic (exact) mass is 391 g/mol. The van der Waals surface area contributed by atoms with Crippen LogP contribution in [0.15, 0.2) is 30.3 Å². The van der Waals surface area contributed by atoms with Gasteiger partial charge in [0.15, 0.2) is 0 Å². The van der Waals surface area contributed by atoms with E-state index in [1.807, 2.05) is 44.2 Å². The number of carboxylic acid groups (broad SMARTS) is 1. The van der Waals surface area contributed by atoms with Crippen LogP contribution in [0.3, 0.4) is 0 Å². The van der Waals surface area contributed by atoms with Crippen LogP contribution in [0.1, 0.15) is 25.8 Å². The molecule has 1 saturated heterocycles. The third-order valence-electron chi connectivity index (χ3n) is 5.05. The number of carbonyl (C=O) groups excluding carboxylic acids is 2. The van der Waals surface area contributed by atoms with E-state index in [0.717, 1.165) is 5.56 Å². The van der Waals surface area contributed by atoms with E-state index >= 15 is 0 Å². The summed E-state index contributed by atoms with van der Waals surface area (Å²) < 4.78 is 5.07. The number of benzene rings is 1. The number of aliphatic carboxylic acids is 1. The van der Waals surface area contributed by atoms with Crippen LogP contribution in [0.5, 0.6) is 0 Å². The van der Waals surface area contributed by atoms with Crippen molar-refractivity contribution in [2.45, 2.75) is 32.9 Å². The molecule has 0 aromatic heterocycles. The number of nitrogens with zero attached hydrogens (tertiary/aromatic N) is 1. The van der Waals surface area contributed by atoms with Crippen LogP contribution in [0.4, 0.5) is 4.79 Å². The number of hydrogen-bond donors (Lipinski definition) is 3. The van der Waals surface area contributed by atoms with Gasteiger partial charge >= 0.3 is 12.0 Å². The van der Waals surface area contributed by atoms with Gasteiger partial charge in [-0.25, -0.2) is 4.79 Å². The second-order valence-electron chi connectivity index (χ2n) is 7.56. The first-order valence-corrected chi connectivity index (χ1v) is 9.38. The Kier molecular flexibility index (Phi) is 7.39. The van der Waals surface area contributed by atoms with E-state index in [1.54, 1.807) is 0 Å². The van der Waals surface area contributed by atoms with E-state index < -0.39 is 23.5 Å². The number of rotatable bonds is 8. The first-order chi connectivity index (χ1) is 13.3. The number of ether oxygens (including phenoxy) is 1. The molecule has 8 nitrogen and oxygen atoms in total. The predicted molar refractivity (Wildman–Crippen MR) is 104 cm³/mol. The standard InChI is InChI=1S/C20H29N3O5/c1-14(2)16(22-19(27)21-11-15-7-5-4-6-8-15)17(24)23-10-9-20(12-23,13-28-3)18(25)26/h4-8,14,16H,9-13H2,1-3H3,(H,25,26)(H2,21,22,27). The van der Waals surface area contributed by atoms with Crippen molar-refractivity contribution >= 4 is 17.9 Å². The molecule has 1 aromatic rings. The highest BCUT2D eigenvalue weighted by atomic mass is 16.5. The van der Waals surface area contributed by atoms with Gasteiger partial charge in [-0.3, -0.25) is 9.59 Å². The van der Waals surface area contributed by atoms with Gasteiger partial charge in [-0.2, -0.15) is 0 Å². The summed E-state index contributed by atoms with van der Waals surface area (Å²) in [5, 5.41) is 15.0. The first kappa shape index (κ1) is 21.7. The highest BCUT2D eigenvalue weighted by Gasteiger charge is 2.47. The molecule has 0 radical (unpaired) electrons. The van der Waals surface area contributed by atoms with Crippen LogP contribution in [-0.4, -0.2) is 60.8 Å². The molecule has 3 amide bonds. The summed E-state index contributed by atoms with van der Waals surface area (Å²) in [4.78, 5) is 38.4. The summed E-state index contributed by atoms with van der Waals surface area (Å²) in [6.07, 6.45) is 0.326. The zero-order chi connectivity index (χ0) is 20.7. The lowest BCUT2D eigenvalue weighted by molar-refractivity contribution is -0.151. The van der Waals surface area contributed by atoms with Gasteiger partial charge < -0.3 is 25.4 Å². The molecule has 0 saturated carbocycles. The quantitative estimate of drug-likeness (QED) is 0.622. The average Bonchev–Trinajstić information content (AvgIpc) is 3.10.